The van der Waals surface area contributed by atoms with Crippen molar-refractivity contribution < 1.29 is 19.1 Å². The van der Waals surface area contributed by atoms with E-state index in [-0.39, 0.29) is 23.7 Å². The average molecular weight is 521 g/mol. The smallest absolute Gasteiger partial charge is 0.247 e. The molecule has 2 aromatic carbocycles. The van der Waals surface area contributed by atoms with Gasteiger partial charge in [-0.3, -0.25) is 14.4 Å². The lowest BCUT2D eigenvalue weighted by molar-refractivity contribution is -0.135. The van der Waals surface area contributed by atoms with E-state index in [4.69, 9.17) is 4.74 Å². The Labute approximate surface area is 225 Å². The topological polar surface area (TPSA) is 109 Å². The molecule has 2 aromatic rings. The number of hydrogen-bond acceptors (Lipinski definition) is 5. The van der Waals surface area contributed by atoms with E-state index in [1.807, 2.05) is 82.3 Å². The van der Waals surface area contributed by atoms with Crippen molar-refractivity contribution in [2.45, 2.75) is 64.8 Å². The molecule has 3 amide bonds. The molecule has 0 saturated carbocycles. The second-order valence-corrected chi connectivity index (χ2v) is 10.1. The lowest BCUT2D eigenvalue weighted by Gasteiger charge is -2.33. The molecular weight excluding hydrogens is 480 g/mol. The second-order valence-electron chi connectivity index (χ2n) is 10.1. The molecule has 204 valence electrons. The third-order valence-electron chi connectivity index (χ3n) is 6.96. The van der Waals surface area contributed by atoms with Crippen LogP contribution in [0.15, 0.2) is 60.8 Å². The molecule has 4 rings (SSSR count). The quantitative estimate of drug-likeness (QED) is 0.428. The summed E-state index contributed by atoms with van der Waals surface area (Å²) in [6, 6.07) is 14.7. The molecule has 0 fully saturated rings. The number of carbonyl (C=O) groups excluding carboxylic acids is 3. The average Bonchev–Trinajstić information content (AvgIpc) is 2.92. The second kappa shape index (κ2) is 13.8. The highest BCUT2D eigenvalue weighted by molar-refractivity contribution is 5.94. The largest absolute Gasteiger partial charge is 0.487 e. The highest BCUT2D eigenvalue weighted by Crippen LogP contribution is 2.21. The summed E-state index contributed by atoms with van der Waals surface area (Å²) in [5.41, 5.74) is 1.89. The predicted molar refractivity (Wildman–Crippen MR) is 149 cm³/mol. The molecule has 4 N–H and O–H groups in total. The fraction of sp³-hybridized carbons (Fsp3) is 0.433. The highest BCUT2D eigenvalue weighted by Gasteiger charge is 2.38. The third kappa shape index (κ3) is 7.68. The molecule has 0 saturated heterocycles. The van der Waals surface area contributed by atoms with Crippen molar-refractivity contribution in [3.63, 3.8) is 0 Å². The summed E-state index contributed by atoms with van der Waals surface area (Å²) in [6.07, 6.45) is 3.82. The maximum Gasteiger partial charge on any atom is 0.247 e. The van der Waals surface area contributed by atoms with Gasteiger partial charge in [0.05, 0.1) is 6.04 Å². The number of ether oxygens (including phenoxy) is 1. The Bertz CT molecular complexity index is 1100. The number of fused-ring (bicyclic) bond motifs is 10. The first-order chi connectivity index (χ1) is 18.2. The first kappa shape index (κ1) is 28.9. The van der Waals surface area contributed by atoms with E-state index in [2.05, 4.69) is 21.3 Å². The number of likely N-dealkylation sites (N-methyl/N-ethyl adjacent to an activating group) is 1. The fourth-order valence-corrected chi connectivity index (χ4v) is 4.38. The van der Waals surface area contributed by atoms with Gasteiger partial charge in [-0.2, -0.15) is 0 Å². The van der Waals surface area contributed by atoms with Crippen molar-refractivity contribution in [1.29, 1.82) is 0 Å². The third-order valence-corrected chi connectivity index (χ3v) is 6.96. The summed E-state index contributed by atoms with van der Waals surface area (Å²) < 4.78 is 6.32. The summed E-state index contributed by atoms with van der Waals surface area (Å²) in [6.45, 7) is 7.76. The zero-order valence-electron chi connectivity index (χ0n) is 22.9. The van der Waals surface area contributed by atoms with E-state index in [0.29, 0.717) is 18.6 Å². The summed E-state index contributed by atoms with van der Waals surface area (Å²) in [7, 11) is 1.72. The Hall–Kier alpha value is -3.65. The van der Waals surface area contributed by atoms with E-state index < -0.39 is 30.1 Å². The van der Waals surface area contributed by atoms with Crippen LogP contribution in [0.5, 0.6) is 5.75 Å². The number of hydrogen-bond donors (Lipinski definition) is 4. The Kier molecular flexibility index (Phi) is 10.5. The Morgan fingerprint density at radius 1 is 1.00 bits per heavy atom. The molecule has 2 bridgehead atoms. The monoisotopic (exact) mass is 520 g/mol. The Balaban J connectivity index is 1.97. The van der Waals surface area contributed by atoms with Gasteiger partial charge in [0.2, 0.25) is 17.7 Å². The number of rotatable bonds is 8. The van der Waals surface area contributed by atoms with Crippen LogP contribution in [-0.2, 0) is 20.8 Å². The number of carbonyl (C=O) groups is 3. The zero-order valence-corrected chi connectivity index (χ0v) is 22.9. The molecule has 8 heteroatoms. The van der Waals surface area contributed by atoms with Crippen LogP contribution < -0.4 is 26.0 Å². The maximum absolute atomic E-state index is 13.8. The van der Waals surface area contributed by atoms with Gasteiger partial charge in [0.1, 0.15) is 23.9 Å². The minimum atomic E-state index is -1.04. The van der Waals surface area contributed by atoms with Gasteiger partial charge in [-0.1, -0.05) is 76.6 Å². The van der Waals surface area contributed by atoms with E-state index in [1.54, 1.807) is 19.3 Å². The molecule has 5 atom stereocenters. The van der Waals surface area contributed by atoms with E-state index in [1.165, 1.54) is 0 Å². The zero-order chi connectivity index (χ0) is 27.7. The normalized spacial score (nSPS) is 21.6. The van der Waals surface area contributed by atoms with Crippen molar-refractivity contribution in [2.75, 3.05) is 7.05 Å². The van der Waals surface area contributed by atoms with Crippen LogP contribution in [0.25, 0.3) is 6.08 Å². The molecule has 2 heterocycles. The molecule has 38 heavy (non-hydrogen) atoms. The molecule has 0 aliphatic carbocycles. The molecule has 0 radical (unpaired) electrons. The van der Waals surface area contributed by atoms with Crippen molar-refractivity contribution in [3.05, 3.63) is 71.9 Å². The van der Waals surface area contributed by atoms with E-state index in [9.17, 15) is 14.4 Å². The fourth-order valence-electron chi connectivity index (χ4n) is 4.38. The van der Waals surface area contributed by atoms with Crippen molar-refractivity contribution in [2.24, 2.45) is 11.8 Å². The van der Waals surface area contributed by atoms with Crippen molar-refractivity contribution in [3.8, 4) is 5.75 Å². The molecule has 5 unspecified atom stereocenters. The first-order valence-corrected chi connectivity index (χ1v) is 13.3. The molecule has 0 spiro atoms. The van der Waals surface area contributed by atoms with Gasteiger partial charge in [-0.05, 0) is 54.6 Å². The summed E-state index contributed by atoms with van der Waals surface area (Å²) in [5, 5.41) is 11.7. The van der Waals surface area contributed by atoms with Crippen LogP contribution in [0.1, 0.15) is 45.2 Å². The van der Waals surface area contributed by atoms with Crippen LogP contribution >= 0.6 is 0 Å². The van der Waals surface area contributed by atoms with E-state index in [0.717, 1.165) is 11.1 Å². The van der Waals surface area contributed by atoms with Crippen LogP contribution in [0.2, 0.25) is 0 Å². The minimum absolute atomic E-state index is 0.128. The lowest BCUT2D eigenvalue weighted by atomic mass is 9.94. The highest BCUT2D eigenvalue weighted by atomic mass is 16.5. The lowest BCUT2D eigenvalue weighted by Crippen LogP contribution is -2.62. The van der Waals surface area contributed by atoms with Gasteiger partial charge < -0.3 is 26.0 Å². The Morgan fingerprint density at radius 3 is 2.29 bits per heavy atom. The van der Waals surface area contributed by atoms with Crippen LogP contribution in [0.3, 0.4) is 0 Å². The summed E-state index contributed by atoms with van der Waals surface area (Å²) in [4.78, 5) is 40.4. The first-order valence-electron chi connectivity index (χ1n) is 13.3. The van der Waals surface area contributed by atoms with Gasteiger partial charge in [0, 0.05) is 6.20 Å². The summed E-state index contributed by atoms with van der Waals surface area (Å²) in [5.74, 6) is -0.781. The van der Waals surface area contributed by atoms with Gasteiger partial charge in [0.15, 0.2) is 0 Å². The van der Waals surface area contributed by atoms with Crippen molar-refractivity contribution in [1.82, 2.24) is 21.3 Å². The van der Waals surface area contributed by atoms with Crippen LogP contribution in [0.4, 0.5) is 0 Å². The number of nitrogens with one attached hydrogen (secondary N) is 4. The van der Waals surface area contributed by atoms with E-state index >= 15 is 0 Å². The SMILES string of the molecule is CCC(C)C1NC(=O)C(NC(=O)C(Cc2ccccc2)NC)C(C(C)C)Oc2ccc(cc2)C=CNC1=O. The van der Waals surface area contributed by atoms with Gasteiger partial charge in [0.25, 0.3) is 0 Å². The predicted octanol–water partition coefficient (Wildman–Crippen LogP) is 3.04. The molecule has 2 aliphatic heterocycles. The molecular formula is C30H40N4O4. The summed E-state index contributed by atoms with van der Waals surface area (Å²) >= 11 is 0. The van der Waals surface area contributed by atoms with Gasteiger partial charge in [-0.25, -0.2) is 0 Å². The minimum Gasteiger partial charge on any atom is -0.487 e. The Morgan fingerprint density at radius 2 is 1.68 bits per heavy atom. The van der Waals surface area contributed by atoms with Crippen LogP contribution in [0, 0.1) is 11.8 Å². The van der Waals surface area contributed by atoms with Crippen molar-refractivity contribution >= 4 is 23.8 Å². The van der Waals surface area contributed by atoms with Gasteiger partial charge in [-0.15, -0.1) is 0 Å². The standard InChI is InChI=1S/C30H40N4O4/c1-6-20(4)25-29(36)32-17-16-21-12-14-23(15-13-21)38-27(19(2)3)26(30(37)33-25)34-28(35)24(31-5)18-22-10-8-7-9-11-22/h7-17,19-20,24-27,31H,6,18H2,1-5H3,(H,32,36)(H,33,37)(H,34,35). The maximum atomic E-state index is 13.8. The number of amides is 3. The molecule has 2 aliphatic rings. The molecule has 0 aromatic heterocycles. The van der Waals surface area contributed by atoms with Gasteiger partial charge >= 0.3 is 0 Å². The van der Waals surface area contributed by atoms with Crippen LogP contribution in [-0.4, -0.2) is 49.0 Å². The number of benzene rings is 2. The molecule has 8 nitrogen and oxygen atoms in total.